The fraction of sp³-hybridized carbons (Fsp3) is 0.160. The van der Waals surface area contributed by atoms with Crippen LogP contribution in [-0.4, -0.2) is 16.7 Å². The molecule has 0 saturated carbocycles. The standard InChI is InChI=1S/C25H23N3O/c1-16-8-9-19(14-17(16)2)22-15-24(18-10-12-20(29-3)13-11-18)28-23-7-5-4-6-21(23)26-25(28)27-22/h4-15,24H,1-3H3,(H,26,27)/t24-/m1/s1. The van der Waals surface area contributed by atoms with Crippen molar-refractivity contribution in [3.8, 4) is 5.75 Å². The second kappa shape index (κ2) is 6.82. The number of nitrogens with zero attached hydrogens (tertiary/aromatic N) is 2. The van der Waals surface area contributed by atoms with Gasteiger partial charge in [-0.3, -0.25) is 4.57 Å². The molecule has 5 rings (SSSR count). The number of rotatable bonds is 3. The number of allylic oxidation sites excluding steroid dienone is 1. The lowest BCUT2D eigenvalue weighted by Gasteiger charge is -2.27. The molecule has 1 aromatic heterocycles. The number of aromatic nitrogens is 2. The van der Waals surface area contributed by atoms with E-state index in [0.717, 1.165) is 28.4 Å². The zero-order valence-electron chi connectivity index (χ0n) is 16.8. The number of nitrogens with one attached hydrogen (secondary N) is 1. The minimum Gasteiger partial charge on any atom is -0.497 e. The second-order valence-electron chi connectivity index (χ2n) is 7.52. The fourth-order valence-electron chi connectivity index (χ4n) is 3.93. The van der Waals surface area contributed by atoms with Crippen molar-refractivity contribution in [3.05, 3.63) is 95.1 Å². The highest BCUT2D eigenvalue weighted by molar-refractivity contribution is 5.85. The monoisotopic (exact) mass is 381 g/mol. The molecule has 4 nitrogen and oxygen atoms in total. The lowest BCUT2D eigenvalue weighted by Crippen LogP contribution is -2.19. The Morgan fingerprint density at radius 3 is 2.48 bits per heavy atom. The predicted octanol–water partition coefficient (Wildman–Crippen LogP) is 5.72. The Balaban J connectivity index is 1.69. The summed E-state index contributed by atoms with van der Waals surface area (Å²) in [6.45, 7) is 4.29. The first-order chi connectivity index (χ1) is 14.1. The van der Waals surface area contributed by atoms with Gasteiger partial charge in [-0.25, -0.2) is 4.98 Å². The van der Waals surface area contributed by atoms with Gasteiger partial charge in [-0.2, -0.15) is 0 Å². The Hall–Kier alpha value is -3.53. The van der Waals surface area contributed by atoms with Gasteiger partial charge in [0, 0.05) is 5.70 Å². The number of anilines is 1. The molecule has 144 valence electrons. The predicted molar refractivity (Wildman–Crippen MR) is 118 cm³/mol. The SMILES string of the molecule is COc1ccc([C@H]2C=C(c3ccc(C)c(C)c3)Nc3nc4ccccc4n32)cc1. The van der Waals surface area contributed by atoms with Crippen LogP contribution in [0.1, 0.15) is 28.3 Å². The molecule has 1 N–H and O–H groups in total. The number of benzene rings is 3. The molecular formula is C25H23N3O. The zero-order valence-corrected chi connectivity index (χ0v) is 16.8. The third-order valence-electron chi connectivity index (χ3n) is 5.72. The van der Waals surface area contributed by atoms with Crippen LogP contribution in [0.15, 0.2) is 72.8 Å². The molecule has 1 atom stereocenters. The van der Waals surface area contributed by atoms with Crippen molar-refractivity contribution >= 4 is 22.7 Å². The van der Waals surface area contributed by atoms with Crippen LogP contribution >= 0.6 is 0 Å². The normalized spacial score (nSPS) is 15.6. The maximum atomic E-state index is 5.35. The molecule has 4 heteroatoms. The smallest absolute Gasteiger partial charge is 0.209 e. The van der Waals surface area contributed by atoms with Gasteiger partial charge in [0.25, 0.3) is 0 Å². The highest BCUT2D eigenvalue weighted by atomic mass is 16.5. The van der Waals surface area contributed by atoms with Gasteiger partial charge in [-0.05, 0) is 72.5 Å². The van der Waals surface area contributed by atoms with E-state index in [0.29, 0.717) is 0 Å². The summed E-state index contributed by atoms with van der Waals surface area (Å²) < 4.78 is 7.61. The summed E-state index contributed by atoms with van der Waals surface area (Å²) in [5, 5.41) is 3.56. The van der Waals surface area contributed by atoms with Gasteiger partial charge >= 0.3 is 0 Å². The van der Waals surface area contributed by atoms with Crippen LogP contribution in [-0.2, 0) is 0 Å². The Morgan fingerprint density at radius 1 is 0.931 bits per heavy atom. The van der Waals surface area contributed by atoms with Crippen molar-refractivity contribution in [2.45, 2.75) is 19.9 Å². The highest BCUT2D eigenvalue weighted by Crippen LogP contribution is 2.37. The molecule has 2 heterocycles. The van der Waals surface area contributed by atoms with Gasteiger partial charge in [-0.1, -0.05) is 36.4 Å². The molecule has 0 unspecified atom stereocenters. The largest absolute Gasteiger partial charge is 0.497 e. The Morgan fingerprint density at radius 2 is 1.72 bits per heavy atom. The van der Waals surface area contributed by atoms with E-state index in [-0.39, 0.29) is 6.04 Å². The Kier molecular flexibility index (Phi) is 4.13. The summed E-state index contributed by atoms with van der Waals surface area (Å²) in [6.07, 6.45) is 2.28. The van der Waals surface area contributed by atoms with Crippen LogP contribution in [0.2, 0.25) is 0 Å². The van der Waals surface area contributed by atoms with E-state index in [1.54, 1.807) is 7.11 Å². The van der Waals surface area contributed by atoms with Crippen molar-refractivity contribution in [2.24, 2.45) is 0 Å². The second-order valence-corrected chi connectivity index (χ2v) is 7.52. The van der Waals surface area contributed by atoms with Gasteiger partial charge in [0.1, 0.15) is 5.75 Å². The molecule has 3 aromatic carbocycles. The quantitative estimate of drug-likeness (QED) is 0.493. The van der Waals surface area contributed by atoms with Gasteiger partial charge in [0.15, 0.2) is 0 Å². The minimum absolute atomic E-state index is 0.0427. The van der Waals surface area contributed by atoms with E-state index >= 15 is 0 Å². The highest BCUT2D eigenvalue weighted by Gasteiger charge is 2.25. The minimum atomic E-state index is 0.0427. The lowest BCUT2D eigenvalue weighted by atomic mass is 9.99. The van der Waals surface area contributed by atoms with Crippen LogP contribution in [0.3, 0.4) is 0 Å². The molecule has 0 saturated heterocycles. The number of ether oxygens (including phenoxy) is 1. The molecule has 0 amide bonds. The summed E-state index contributed by atoms with van der Waals surface area (Å²) >= 11 is 0. The summed E-state index contributed by atoms with van der Waals surface area (Å²) in [7, 11) is 1.69. The molecule has 0 aliphatic carbocycles. The molecule has 0 bridgehead atoms. The first-order valence-electron chi connectivity index (χ1n) is 9.81. The van der Waals surface area contributed by atoms with Gasteiger partial charge in [0.05, 0.1) is 24.2 Å². The average molecular weight is 381 g/mol. The molecule has 29 heavy (non-hydrogen) atoms. The van der Waals surface area contributed by atoms with Crippen LogP contribution in [0.25, 0.3) is 16.7 Å². The molecule has 1 aliphatic rings. The number of hydrogen-bond donors (Lipinski definition) is 1. The molecule has 0 fully saturated rings. The topological polar surface area (TPSA) is 39.1 Å². The van der Waals surface area contributed by atoms with Crippen molar-refractivity contribution in [1.29, 1.82) is 0 Å². The summed E-state index contributed by atoms with van der Waals surface area (Å²) in [5.74, 6) is 1.72. The Bertz CT molecular complexity index is 1230. The lowest BCUT2D eigenvalue weighted by molar-refractivity contribution is 0.414. The maximum Gasteiger partial charge on any atom is 0.209 e. The third-order valence-corrected chi connectivity index (χ3v) is 5.72. The number of hydrogen-bond acceptors (Lipinski definition) is 3. The van der Waals surface area contributed by atoms with Gasteiger partial charge in [0.2, 0.25) is 5.95 Å². The van der Waals surface area contributed by atoms with E-state index < -0.39 is 0 Å². The van der Waals surface area contributed by atoms with Crippen molar-refractivity contribution in [2.75, 3.05) is 12.4 Å². The molecule has 0 radical (unpaired) electrons. The maximum absolute atomic E-state index is 5.35. The summed E-state index contributed by atoms with van der Waals surface area (Å²) in [6, 6.07) is 23.2. The van der Waals surface area contributed by atoms with Crippen LogP contribution in [0.4, 0.5) is 5.95 Å². The first kappa shape index (κ1) is 17.6. The fourth-order valence-corrected chi connectivity index (χ4v) is 3.93. The average Bonchev–Trinajstić information content (AvgIpc) is 3.13. The van der Waals surface area contributed by atoms with Crippen LogP contribution < -0.4 is 10.1 Å². The summed E-state index contributed by atoms with van der Waals surface area (Å²) in [5.41, 5.74) is 8.13. The number of methoxy groups -OCH3 is 1. The number of imidazole rings is 1. The van der Waals surface area contributed by atoms with Crippen molar-refractivity contribution < 1.29 is 4.74 Å². The van der Waals surface area contributed by atoms with Crippen molar-refractivity contribution in [1.82, 2.24) is 9.55 Å². The van der Waals surface area contributed by atoms with E-state index in [9.17, 15) is 0 Å². The number of fused-ring (bicyclic) bond motifs is 3. The van der Waals surface area contributed by atoms with Gasteiger partial charge < -0.3 is 10.1 Å². The van der Waals surface area contributed by atoms with E-state index in [1.807, 2.05) is 18.2 Å². The Labute approximate surface area is 170 Å². The summed E-state index contributed by atoms with van der Waals surface area (Å²) in [4.78, 5) is 4.86. The van der Waals surface area contributed by atoms with E-state index in [2.05, 4.69) is 78.3 Å². The van der Waals surface area contributed by atoms with E-state index in [4.69, 9.17) is 9.72 Å². The van der Waals surface area contributed by atoms with E-state index in [1.165, 1.54) is 22.3 Å². The van der Waals surface area contributed by atoms with Gasteiger partial charge in [-0.15, -0.1) is 0 Å². The first-order valence-corrected chi connectivity index (χ1v) is 9.81. The van der Waals surface area contributed by atoms with Crippen molar-refractivity contribution in [3.63, 3.8) is 0 Å². The molecule has 4 aromatic rings. The van der Waals surface area contributed by atoms with Crippen LogP contribution in [0, 0.1) is 13.8 Å². The number of para-hydroxylation sites is 2. The number of aryl methyl sites for hydroxylation is 2. The van der Waals surface area contributed by atoms with Crippen LogP contribution in [0.5, 0.6) is 5.75 Å². The zero-order chi connectivity index (χ0) is 20.0. The molecular weight excluding hydrogens is 358 g/mol. The third kappa shape index (κ3) is 2.97. The molecule has 0 spiro atoms. The molecule has 1 aliphatic heterocycles.